The van der Waals surface area contributed by atoms with Crippen molar-refractivity contribution in [2.24, 2.45) is 0 Å². The molecule has 1 aromatic rings. The van der Waals surface area contributed by atoms with Gasteiger partial charge in [-0.3, -0.25) is 0 Å². The molecule has 0 aromatic heterocycles. The molecule has 1 aromatic carbocycles. The van der Waals surface area contributed by atoms with Crippen molar-refractivity contribution in [1.29, 1.82) is 0 Å². The van der Waals surface area contributed by atoms with E-state index in [-0.39, 0.29) is 29.6 Å². The average molecular weight is 237 g/mol. The second-order valence-corrected chi connectivity index (χ2v) is 4.83. The van der Waals surface area contributed by atoms with Gasteiger partial charge in [0.05, 0.1) is 4.90 Å². The van der Waals surface area contributed by atoms with E-state index in [1.165, 1.54) is 0 Å². The Morgan fingerprint density at radius 1 is 1.20 bits per heavy atom. The van der Waals surface area contributed by atoms with Gasteiger partial charge >= 0.3 is 29.6 Å². The molecule has 0 aliphatic rings. The molecule has 0 fully saturated rings. The summed E-state index contributed by atoms with van der Waals surface area (Å²) in [4.78, 5) is 0.330. The van der Waals surface area contributed by atoms with Gasteiger partial charge in [0.1, 0.15) is 0 Å². The molecule has 3 nitrogen and oxygen atoms in total. The molecule has 0 bridgehead atoms. The average Bonchev–Trinajstić information content (AvgIpc) is 2.19. The summed E-state index contributed by atoms with van der Waals surface area (Å²) in [5.74, 6) is 0. The van der Waals surface area contributed by atoms with Crippen molar-refractivity contribution in [2.75, 3.05) is 6.54 Å². The Hall–Kier alpha value is 0.130. The van der Waals surface area contributed by atoms with Gasteiger partial charge in [0.15, 0.2) is 0 Å². The van der Waals surface area contributed by atoms with Crippen LogP contribution >= 0.6 is 0 Å². The summed E-state index contributed by atoms with van der Waals surface area (Å²) in [6, 6.07) is 8.41. The van der Waals surface area contributed by atoms with E-state index in [0.29, 0.717) is 11.4 Å². The Morgan fingerprint density at radius 2 is 1.80 bits per heavy atom. The second kappa shape index (κ2) is 7.41. The molecule has 0 atom stereocenters. The fourth-order valence-electron chi connectivity index (χ4n) is 1.07. The van der Waals surface area contributed by atoms with Crippen LogP contribution in [0, 0.1) is 0 Å². The quantitative estimate of drug-likeness (QED) is 0.616. The summed E-state index contributed by atoms with van der Waals surface area (Å²) in [6.07, 6.45) is 1.85. The SMILES string of the molecule is CCCCNS(=O)(=O)c1ccccc1.[NaH]. The van der Waals surface area contributed by atoms with Crippen LogP contribution in [0.5, 0.6) is 0 Å². The molecule has 15 heavy (non-hydrogen) atoms. The van der Waals surface area contributed by atoms with Crippen LogP contribution in [0.25, 0.3) is 0 Å². The van der Waals surface area contributed by atoms with Gasteiger partial charge in [-0.05, 0) is 18.6 Å². The van der Waals surface area contributed by atoms with Gasteiger partial charge in [0.2, 0.25) is 10.0 Å². The number of benzene rings is 1. The van der Waals surface area contributed by atoms with Crippen LogP contribution in [0.1, 0.15) is 19.8 Å². The summed E-state index contributed by atoms with van der Waals surface area (Å²) in [7, 11) is -3.28. The van der Waals surface area contributed by atoms with Crippen molar-refractivity contribution in [1.82, 2.24) is 4.72 Å². The summed E-state index contributed by atoms with van der Waals surface area (Å²) in [5, 5.41) is 0. The minimum absolute atomic E-state index is 0. The monoisotopic (exact) mass is 237 g/mol. The van der Waals surface area contributed by atoms with Gasteiger partial charge in [-0.2, -0.15) is 0 Å². The Morgan fingerprint density at radius 3 is 2.33 bits per heavy atom. The second-order valence-electron chi connectivity index (χ2n) is 3.06. The topological polar surface area (TPSA) is 46.2 Å². The molecular formula is C10H16NNaO2S. The molecule has 1 N–H and O–H groups in total. The Labute approximate surface area is 114 Å². The predicted molar refractivity (Wildman–Crippen MR) is 63.7 cm³/mol. The molecule has 0 unspecified atom stereocenters. The summed E-state index contributed by atoms with van der Waals surface area (Å²) >= 11 is 0. The summed E-state index contributed by atoms with van der Waals surface area (Å²) in [5.41, 5.74) is 0. The molecule has 0 saturated carbocycles. The third-order valence-corrected chi connectivity index (χ3v) is 3.35. The fraction of sp³-hybridized carbons (Fsp3) is 0.400. The summed E-state index contributed by atoms with van der Waals surface area (Å²) < 4.78 is 25.7. The zero-order valence-electron chi connectivity index (χ0n) is 8.23. The Balaban J connectivity index is 0.00000196. The first kappa shape index (κ1) is 15.1. The molecule has 5 heteroatoms. The van der Waals surface area contributed by atoms with Crippen LogP contribution in [0.2, 0.25) is 0 Å². The van der Waals surface area contributed by atoms with E-state index in [1.54, 1.807) is 30.3 Å². The first-order chi connectivity index (χ1) is 6.67. The fourth-order valence-corrected chi connectivity index (χ4v) is 2.16. The predicted octanol–water partition coefficient (Wildman–Crippen LogP) is 1.12. The van der Waals surface area contributed by atoms with Crippen molar-refractivity contribution in [3.05, 3.63) is 30.3 Å². The van der Waals surface area contributed by atoms with Gasteiger partial charge in [0.25, 0.3) is 0 Å². The molecule has 0 amide bonds. The number of rotatable bonds is 5. The first-order valence-corrected chi connectivity index (χ1v) is 6.20. The molecule has 80 valence electrons. The number of hydrogen-bond donors (Lipinski definition) is 1. The van der Waals surface area contributed by atoms with Crippen LogP contribution < -0.4 is 4.72 Å². The standard InChI is InChI=1S/C10H15NO2S.Na.H/c1-2-3-9-11-14(12,13)10-7-5-4-6-8-10;;/h4-8,11H,2-3,9H2,1H3;;. The van der Waals surface area contributed by atoms with E-state index >= 15 is 0 Å². The summed E-state index contributed by atoms with van der Waals surface area (Å²) in [6.45, 7) is 2.53. The van der Waals surface area contributed by atoms with Crippen molar-refractivity contribution in [2.45, 2.75) is 24.7 Å². The Bertz CT molecular complexity index is 364. The van der Waals surface area contributed by atoms with Crippen LogP contribution in [-0.2, 0) is 10.0 Å². The van der Waals surface area contributed by atoms with Crippen molar-refractivity contribution in [3.8, 4) is 0 Å². The molecule has 0 heterocycles. The van der Waals surface area contributed by atoms with E-state index in [9.17, 15) is 8.42 Å². The van der Waals surface area contributed by atoms with Crippen molar-refractivity contribution in [3.63, 3.8) is 0 Å². The van der Waals surface area contributed by atoms with Crippen LogP contribution in [-0.4, -0.2) is 44.5 Å². The van der Waals surface area contributed by atoms with E-state index in [1.807, 2.05) is 6.92 Å². The molecule has 1 rings (SSSR count). The van der Waals surface area contributed by atoms with Gasteiger partial charge in [-0.15, -0.1) is 0 Å². The van der Waals surface area contributed by atoms with Crippen LogP contribution in [0.4, 0.5) is 0 Å². The van der Waals surface area contributed by atoms with Crippen molar-refractivity contribution < 1.29 is 8.42 Å². The zero-order chi connectivity index (χ0) is 10.4. The third kappa shape index (κ3) is 5.13. The van der Waals surface area contributed by atoms with Gasteiger partial charge in [-0.1, -0.05) is 31.5 Å². The maximum atomic E-state index is 11.6. The first-order valence-electron chi connectivity index (χ1n) is 4.71. The van der Waals surface area contributed by atoms with Gasteiger partial charge in [-0.25, -0.2) is 13.1 Å². The zero-order valence-corrected chi connectivity index (χ0v) is 9.05. The van der Waals surface area contributed by atoms with Crippen LogP contribution in [0.3, 0.4) is 0 Å². The van der Waals surface area contributed by atoms with E-state index in [2.05, 4.69) is 4.72 Å². The van der Waals surface area contributed by atoms with Gasteiger partial charge in [0, 0.05) is 6.54 Å². The normalized spacial score (nSPS) is 10.7. The number of hydrogen-bond acceptors (Lipinski definition) is 2. The Kier molecular flexibility index (Phi) is 7.48. The molecule has 0 spiro atoms. The molecule has 0 radical (unpaired) electrons. The molecular weight excluding hydrogens is 221 g/mol. The maximum absolute atomic E-state index is 11.6. The van der Waals surface area contributed by atoms with E-state index < -0.39 is 10.0 Å². The molecule has 0 aliphatic heterocycles. The van der Waals surface area contributed by atoms with Gasteiger partial charge < -0.3 is 0 Å². The molecule has 0 saturated heterocycles. The number of nitrogens with one attached hydrogen (secondary N) is 1. The molecule has 0 aliphatic carbocycles. The number of sulfonamides is 1. The van der Waals surface area contributed by atoms with Crippen molar-refractivity contribution >= 4 is 39.6 Å². The third-order valence-electron chi connectivity index (χ3n) is 1.88. The number of unbranched alkanes of at least 4 members (excludes halogenated alkanes) is 1. The van der Waals surface area contributed by atoms with Crippen LogP contribution in [0.15, 0.2) is 35.2 Å². The minimum atomic E-state index is -3.28. The van der Waals surface area contributed by atoms with E-state index in [4.69, 9.17) is 0 Å². The van der Waals surface area contributed by atoms with E-state index in [0.717, 1.165) is 12.8 Å².